The first-order valence-electron chi connectivity index (χ1n) is 5.65. The van der Waals surface area contributed by atoms with Crippen LogP contribution in [0, 0.1) is 0 Å². The van der Waals surface area contributed by atoms with E-state index in [1.165, 1.54) is 6.92 Å². The molecule has 0 N–H and O–H groups in total. The summed E-state index contributed by atoms with van der Waals surface area (Å²) in [7, 11) is 0. The van der Waals surface area contributed by atoms with Gasteiger partial charge in [-0.25, -0.2) is 0 Å². The lowest BCUT2D eigenvalue weighted by Crippen LogP contribution is -1.92. The molecule has 0 radical (unpaired) electrons. The van der Waals surface area contributed by atoms with E-state index in [1.807, 2.05) is 0 Å². The number of carbonyl (C=O) groups is 2. The summed E-state index contributed by atoms with van der Waals surface area (Å²) in [5, 5.41) is -0.502. The number of ketones is 1. The van der Waals surface area contributed by atoms with E-state index in [4.69, 9.17) is 16.3 Å². The van der Waals surface area contributed by atoms with Crippen LogP contribution < -0.4 is 4.74 Å². The van der Waals surface area contributed by atoms with Crippen LogP contribution in [0.2, 0.25) is 0 Å². The molecule has 0 aliphatic heterocycles. The minimum absolute atomic E-state index is 0.0107. The third-order valence-electron chi connectivity index (χ3n) is 2.58. The van der Waals surface area contributed by atoms with Gasteiger partial charge >= 0.3 is 0 Å². The summed E-state index contributed by atoms with van der Waals surface area (Å²) in [5.74, 6) is 1.23. The molecule has 0 aromatic heterocycles. The van der Waals surface area contributed by atoms with E-state index < -0.39 is 5.24 Å². The van der Waals surface area contributed by atoms with Crippen LogP contribution in [0.1, 0.15) is 27.6 Å². The molecule has 0 aliphatic rings. The van der Waals surface area contributed by atoms with E-state index in [9.17, 15) is 9.59 Å². The molecule has 2 rings (SSSR count). The Morgan fingerprint density at radius 1 is 0.842 bits per heavy atom. The van der Waals surface area contributed by atoms with Gasteiger partial charge in [0.2, 0.25) is 0 Å². The summed E-state index contributed by atoms with van der Waals surface area (Å²) in [6, 6.07) is 13.4. The Hall–Kier alpha value is -2.13. The van der Waals surface area contributed by atoms with Gasteiger partial charge in [0, 0.05) is 11.1 Å². The number of rotatable bonds is 4. The highest BCUT2D eigenvalue weighted by Crippen LogP contribution is 2.22. The zero-order valence-corrected chi connectivity index (χ0v) is 11.0. The minimum atomic E-state index is -0.502. The highest BCUT2D eigenvalue weighted by Gasteiger charge is 2.03. The van der Waals surface area contributed by atoms with Crippen molar-refractivity contribution in [1.29, 1.82) is 0 Å². The molecular formula is C15H11ClO3. The van der Waals surface area contributed by atoms with Crippen molar-refractivity contribution in [3.05, 3.63) is 59.7 Å². The molecule has 0 atom stereocenters. The van der Waals surface area contributed by atoms with Crippen molar-refractivity contribution in [2.45, 2.75) is 6.92 Å². The van der Waals surface area contributed by atoms with Gasteiger partial charge in [0.1, 0.15) is 11.5 Å². The van der Waals surface area contributed by atoms with Gasteiger partial charge in [0.05, 0.1) is 0 Å². The first-order valence-corrected chi connectivity index (χ1v) is 6.03. The largest absolute Gasteiger partial charge is 0.457 e. The molecule has 0 saturated heterocycles. The Labute approximate surface area is 115 Å². The van der Waals surface area contributed by atoms with E-state index in [-0.39, 0.29) is 5.78 Å². The molecule has 4 heteroatoms. The van der Waals surface area contributed by atoms with Gasteiger partial charge in [-0.1, -0.05) is 0 Å². The quantitative estimate of drug-likeness (QED) is 0.624. The SMILES string of the molecule is CC(=O)c1ccc(Oc2ccc(C(=O)Cl)cc2)cc1. The predicted molar refractivity (Wildman–Crippen MR) is 73.1 cm³/mol. The summed E-state index contributed by atoms with van der Waals surface area (Å²) >= 11 is 5.35. The van der Waals surface area contributed by atoms with Crippen molar-refractivity contribution in [3.8, 4) is 11.5 Å². The molecule has 0 heterocycles. The second-order valence-corrected chi connectivity index (χ2v) is 4.32. The molecule has 0 saturated carbocycles. The first-order chi connectivity index (χ1) is 9.06. The third-order valence-corrected chi connectivity index (χ3v) is 2.80. The van der Waals surface area contributed by atoms with E-state index in [0.717, 1.165) is 0 Å². The Morgan fingerprint density at radius 2 is 1.26 bits per heavy atom. The van der Waals surface area contributed by atoms with Gasteiger partial charge in [-0.15, -0.1) is 0 Å². The molecule has 2 aromatic rings. The molecule has 0 unspecified atom stereocenters. The zero-order chi connectivity index (χ0) is 13.8. The second-order valence-electron chi connectivity index (χ2n) is 3.98. The van der Waals surface area contributed by atoms with Crippen LogP contribution >= 0.6 is 11.6 Å². The van der Waals surface area contributed by atoms with Gasteiger partial charge in [0.15, 0.2) is 5.78 Å². The number of ether oxygens (including phenoxy) is 1. The third kappa shape index (κ3) is 3.42. The minimum Gasteiger partial charge on any atom is -0.457 e. The topological polar surface area (TPSA) is 43.4 Å². The normalized spacial score (nSPS) is 10.0. The molecule has 0 bridgehead atoms. The summed E-state index contributed by atoms with van der Waals surface area (Å²) in [6.07, 6.45) is 0. The summed E-state index contributed by atoms with van der Waals surface area (Å²) < 4.78 is 5.58. The molecule has 19 heavy (non-hydrogen) atoms. The Bertz CT molecular complexity index is 545. The van der Waals surface area contributed by atoms with E-state index in [0.29, 0.717) is 22.6 Å². The fourth-order valence-electron chi connectivity index (χ4n) is 1.55. The van der Waals surface area contributed by atoms with Gasteiger partial charge in [-0.05, 0) is 67.1 Å². The van der Waals surface area contributed by atoms with E-state index >= 15 is 0 Å². The fraction of sp³-hybridized carbons (Fsp3) is 0.0667. The molecule has 96 valence electrons. The number of hydrogen-bond acceptors (Lipinski definition) is 3. The summed E-state index contributed by atoms with van der Waals surface area (Å²) in [5.41, 5.74) is 1.05. The summed E-state index contributed by atoms with van der Waals surface area (Å²) in [6.45, 7) is 1.51. The van der Waals surface area contributed by atoms with E-state index in [2.05, 4.69) is 0 Å². The number of carbonyl (C=O) groups excluding carboxylic acids is 2. The van der Waals surface area contributed by atoms with Gasteiger partial charge < -0.3 is 4.74 Å². The van der Waals surface area contributed by atoms with Crippen LogP contribution in [0.3, 0.4) is 0 Å². The lowest BCUT2D eigenvalue weighted by molar-refractivity contribution is 0.101. The van der Waals surface area contributed by atoms with Crippen molar-refractivity contribution in [1.82, 2.24) is 0 Å². The Morgan fingerprint density at radius 3 is 1.63 bits per heavy atom. The molecule has 0 spiro atoms. The zero-order valence-electron chi connectivity index (χ0n) is 10.2. The number of hydrogen-bond donors (Lipinski definition) is 0. The molecular weight excluding hydrogens is 264 g/mol. The molecule has 0 fully saturated rings. The van der Waals surface area contributed by atoms with Crippen molar-refractivity contribution in [3.63, 3.8) is 0 Å². The van der Waals surface area contributed by atoms with Crippen LogP contribution in [-0.2, 0) is 0 Å². The van der Waals surface area contributed by atoms with Crippen molar-refractivity contribution < 1.29 is 14.3 Å². The molecule has 3 nitrogen and oxygen atoms in total. The van der Waals surface area contributed by atoms with Gasteiger partial charge in [-0.3, -0.25) is 9.59 Å². The number of Topliss-reactive ketones (excluding diaryl/α,β-unsaturated/α-hetero) is 1. The highest BCUT2D eigenvalue weighted by atomic mass is 35.5. The van der Waals surface area contributed by atoms with E-state index in [1.54, 1.807) is 48.5 Å². The molecule has 0 aliphatic carbocycles. The second kappa shape index (κ2) is 5.67. The maximum atomic E-state index is 11.1. The predicted octanol–water partition coefficient (Wildman–Crippen LogP) is 4.06. The lowest BCUT2D eigenvalue weighted by Gasteiger charge is -2.06. The average molecular weight is 275 g/mol. The van der Waals surface area contributed by atoms with Gasteiger partial charge in [-0.2, -0.15) is 0 Å². The maximum absolute atomic E-state index is 11.1. The van der Waals surface area contributed by atoms with Crippen LogP contribution in [0.4, 0.5) is 0 Å². The summed E-state index contributed by atoms with van der Waals surface area (Å²) in [4.78, 5) is 22.0. The average Bonchev–Trinajstić information content (AvgIpc) is 2.40. The maximum Gasteiger partial charge on any atom is 0.252 e. The molecule has 2 aromatic carbocycles. The smallest absolute Gasteiger partial charge is 0.252 e. The van der Waals surface area contributed by atoms with Crippen LogP contribution in [-0.4, -0.2) is 11.0 Å². The fourth-order valence-corrected chi connectivity index (χ4v) is 1.67. The van der Waals surface area contributed by atoms with Crippen LogP contribution in [0.25, 0.3) is 0 Å². The molecule has 0 amide bonds. The van der Waals surface area contributed by atoms with Crippen molar-refractivity contribution in [2.75, 3.05) is 0 Å². The lowest BCUT2D eigenvalue weighted by atomic mass is 10.1. The van der Waals surface area contributed by atoms with Crippen LogP contribution in [0.5, 0.6) is 11.5 Å². The first kappa shape index (κ1) is 13.3. The van der Waals surface area contributed by atoms with Gasteiger partial charge in [0.25, 0.3) is 5.24 Å². The Kier molecular flexibility index (Phi) is 3.97. The Balaban J connectivity index is 2.12. The van der Waals surface area contributed by atoms with Crippen molar-refractivity contribution in [2.24, 2.45) is 0 Å². The highest BCUT2D eigenvalue weighted by molar-refractivity contribution is 6.67. The van der Waals surface area contributed by atoms with Crippen molar-refractivity contribution >= 4 is 22.6 Å². The number of halogens is 1. The monoisotopic (exact) mass is 274 g/mol. The standard InChI is InChI=1S/C15H11ClO3/c1-10(17)11-2-6-13(7-3-11)19-14-8-4-12(5-9-14)15(16)18/h2-9H,1H3. The van der Waals surface area contributed by atoms with Crippen LogP contribution in [0.15, 0.2) is 48.5 Å². The number of benzene rings is 2.